The largest absolute Gasteiger partial charge is 0.457 e. The highest BCUT2D eigenvalue weighted by Gasteiger charge is 2.16. The van der Waals surface area contributed by atoms with Crippen molar-refractivity contribution in [3.8, 4) is 0 Å². The first kappa shape index (κ1) is 17.2. The van der Waals surface area contributed by atoms with Crippen molar-refractivity contribution in [1.82, 2.24) is 4.72 Å². The molecule has 0 radical (unpaired) electrons. The lowest BCUT2D eigenvalue weighted by Crippen LogP contribution is -2.19. The van der Waals surface area contributed by atoms with Gasteiger partial charge in [-0.1, -0.05) is 24.3 Å². The Balaban J connectivity index is 1.78. The van der Waals surface area contributed by atoms with Crippen LogP contribution in [0.5, 0.6) is 0 Å². The molecule has 0 saturated heterocycles. The molecule has 3 aromatic rings. The van der Waals surface area contributed by atoms with Gasteiger partial charge in [0.25, 0.3) is 0 Å². The molecule has 0 saturated carbocycles. The Bertz CT molecular complexity index is 1040. The molecule has 0 fully saturated rings. The number of ether oxygens (including phenoxy) is 1. The molecule has 2 aromatic carbocycles. The summed E-state index contributed by atoms with van der Waals surface area (Å²) in [6.45, 7) is 1.87. The molecular weight excluding hydrogens is 342 g/mol. The van der Waals surface area contributed by atoms with Gasteiger partial charge in [0.15, 0.2) is 0 Å². The molecule has 130 valence electrons. The molecule has 7 heteroatoms. The first-order valence-electron chi connectivity index (χ1n) is 7.60. The number of benzene rings is 2. The minimum absolute atomic E-state index is 0.00404. The van der Waals surface area contributed by atoms with Crippen molar-refractivity contribution in [2.75, 3.05) is 7.05 Å². The van der Waals surface area contributed by atoms with Crippen molar-refractivity contribution in [3.63, 3.8) is 0 Å². The molecule has 0 unspecified atom stereocenters. The van der Waals surface area contributed by atoms with E-state index in [0.717, 1.165) is 16.5 Å². The number of hydrogen-bond donors (Lipinski definition) is 1. The van der Waals surface area contributed by atoms with Crippen molar-refractivity contribution in [1.29, 1.82) is 0 Å². The van der Waals surface area contributed by atoms with Crippen LogP contribution in [0.4, 0.5) is 0 Å². The number of para-hydroxylation sites is 1. The Morgan fingerprint density at radius 3 is 2.64 bits per heavy atom. The van der Waals surface area contributed by atoms with E-state index >= 15 is 0 Å². The van der Waals surface area contributed by atoms with Crippen molar-refractivity contribution < 1.29 is 22.4 Å². The summed E-state index contributed by atoms with van der Waals surface area (Å²) in [7, 11) is -2.31. The third kappa shape index (κ3) is 3.42. The van der Waals surface area contributed by atoms with Gasteiger partial charge < -0.3 is 9.15 Å². The van der Waals surface area contributed by atoms with Crippen molar-refractivity contribution in [2.24, 2.45) is 0 Å². The van der Waals surface area contributed by atoms with Gasteiger partial charge in [-0.25, -0.2) is 17.9 Å². The number of carbonyl (C=O) groups is 1. The maximum Gasteiger partial charge on any atom is 0.338 e. The summed E-state index contributed by atoms with van der Waals surface area (Å²) in [6.07, 6.45) is 0. The van der Waals surface area contributed by atoms with Gasteiger partial charge in [-0.05, 0) is 38.2 Å². The van der Waals surface area contributed by atoms with Gasteiger partial charge in [0.1, 0.15) is 18.0 Å². The lowest BCUT2D eigenvalue weighted by Gasteiger charge is -2.06. The number of furan rings is 1. The van der Waals surface area contributed by atoms with Crippen molar-refractivity contribution >= 4 is 27.0 Å². The van der Waals surface area contributed by atoms with Crippen LogP contribution in [0.3, 0.4) is 0 Å². The van der Waals surface area contributed by atoms with E-state index in [-0.39, 0.29) is 17.1 Å². The zero-order valence-corrected chi connectivity index (χ0v) is 14.6. The third-order valence-corrected chi connectivity index (χ3v) is 5.34. The van der Waals surface area contributed by atoms with E-state index in [1.54, 1.807) is 0 Å². The average Bonchev–Trinajstić information content (AvgIpc) is 2.96. The van der Waals surface area contributed by atoms with Crippen LogP contribution in [0, 0.1) is 6.92 Å². The van der Waals surface area contributed by atoms with E-state index in [0.29, 0.717) is 5.76 Å². The first-order chi connectivity index (χ1) is 11.9. The molecule has 0 aliphatic carbocycles. The molecule has 0 atom stereocenters. The fraction of sp³-hybridized carbons (Fsp3) is 0.167. The van der Waals surface area contributed by atoms with Gasteiger partial charge in [-0.15, -0.1) is 0 Å². The predicted molar refractivity (Wildman–Crippen MR) is 92.8 cm³/mol. The molecule has 0 bridgehead atoms. The molecule has 0 aliphatic rings. The number of aryl methyl sites for hydroxylation is 1. The predicted octanol–water partition coefficient (Wildman–Crippen LogP) is 3.01. The second-order valence-electron chi connectivity index (χ2n) is 5.46. The lowest BCUT2D eigenvalue weighted by molar-refractivity contribution is 0.0446. The smallest absolute Gasteiger partial charge is 0.338 e. The summed E-state index contributed by atoms with van der Waals surface area (Å²) in [5.74, 6) is -0.0541. The molecular formula is C18H17NO5S. The quantitative estimate of drug-likeness (QED) is 0.708. The van der Waals surface area contributed by atoms with Crippen molar-refractivity contribution in [2.45, 2.75) is 18.4 Å². The fourth-order valence-electron chi connectivity index (χ4n) is 2.49. The summed E-state index contributed by atoms with van der Waals surface area (Å²) < 4.78 is 36.8. The van der Waals surface area contributed by atoms with E-state index in [1.165, 1.54) is 31.3 Å². The minimum Gasteiger partial charge on any atom is -0.457 e. The maximum absolute atomic E-state index is 12.2. The van der Waals surface area contributed by atoms with Crippen LogP contribution in [-0.4, -0.2) is 21.4 Å². The summed E-state index contributed by atoms with van der Waals surface area (Å²) >= 11 is 0. The van der Waals surface area contributed by atoms with Gasteiger partial charge in [0.2, 0.25) is 10.0 Å². The SMILES string of the molecule is CNS(=O)(=O)c1cccc(C(=O)OCc2oc3ccccc3c2C)c1. The highest BCUT2D eigenvalue weighted by molar-refractivity contribution is 7.89. The molecule has 1 N–H and O–H groups in total. The summed E-state index contributed by atoms with van der Waals surface area (Å²) in [5.41, 5.74) is 1.80. The van der Waals surface area contributed by atoms with Crippen LogP contribution < -0.4 is 4.72 Å². The molecule has 1 aromatic heterocycles. The van der Waals surface area contributed by atoms with E-state index in [4.69, 9.17) is 9.15 Å². The van der Waals surface area contributed by atoms with Gasteiger partial charge >= 0.3 is 5.97 Å². The van der Waals surface area contributed by atoms with Gasteiger partial charge in [0, 0.05) is 10.9 Å². The van der Waals surface area contributed by atoms with Crippen LogP contribution >= 0.6 is 0 Å². The summed E-state index contributed by atoms with van der Waals surface area (Å²) in [5, 5.41) is 0.968. The van der Waals surface area contributed by atoms with Crippen LogP contribution in [0.1, 0.15) is 21.7 Å². The second-order valence-corrected chi connectivity index (χ2v) is 7.34. The van der Waals surface area contributed by atoms with Crippen molar-refractivity contribution in [3.05, 3.63) is 65.4 Å². The first-order valence-corrected chi connectivity index (χ1v) is 9.08. The average molecular weight is 359 g/mol. The molecule has 0 amide bonds. The lowest BCUT2D eigenvalue weighted by atomic mass is 10.1. The van der Waals surface area contributed by atoms with E-state index in [2.05, 4.69) is 4.72 Å². The molecule has 6 nitrogen and oxygen atoms in total. The van der Waals surface area contributed by atoms with Crippen LogP contribution in [0.15, 0.2) is 57.8 Å². The molecule has 3 rings (SSSR count). The summed E-state index contributed by atoms with van der Waals surface area (Å²) in [4.78, 5) is 12.2. The van der Waals surface area contributed by atoms with Gasteiger partial charge in [-0.3, -0.25) is 0 Å². The third-order valence-electron chi connectivity index (χ3n) is 3.93. The monoisotopic (exact) mass is 359 g/mol. The highest BCUT2D eigenvalue weighted by atomic mass is 32.2. The molecule has 0 spiro atoms. The normalized spacial score (nSPS) is 11.6. The Kier molecular flexibility index (Phi) is 4.61. The van der Waals surface area contributed by atoms with Gasteiger partial charge in [-0.2, -0.15) is 0 Å². The zero-order valence-electron chi connectivity index (χ0n) is 13.8. The van der Waals surface area contributed by atoms with Crippen LogP contribution in [-0.2, 0) is 21.4 Å². The highest BCUT2D eigenvalue weighted by Crippen LogP contribution is 2.25. The van der Waals surface area contributed by atoms with Crippen LogP contribution in [0.2, 0.25) is 0 Å². The van der Waals surface area contributed by atoms with E-state index in [9.17, 15) is 13.2 Å². The number of esters is 1. The van der Waals surface area contributed by atoms with Gasteiger partial charge in [0.05, 0.1) is 10.5 Å². The number of sulfonamides is 1. The Morgan fingerprint density at radius 2 is 1.92 bits per heavy atom. The zero-order chi connectivity index (χ0) is 18.0. The Morgan fingerprint density at radius 1 is 1.16 bits per heavy atom. The maximum atomic E-state index is 12.2. The Hall–Kier alpha value is -2.64. The number of nitrogens with one attached hydrogen (secondary N) is 1. The molecule has 1 heterocycles. The fourth-order valence-corrected chi connectivity index (χ4v) is 3.26. The number of carbonyl (C=O) groups excluding carboxylic acids is 1. The molecule has 25 heavy (non-hydrogen) atoms. The molecule has 0 aliphatic heterocycles. The minimum atomic E-state index is -3.62. The Labute approximate surface area is 145 Å². The summed E-state index contributed by atoms with van der Waals surface area (Å²) in [6, 6.07) is 13.2. The second kappa shape index (κ2) is 6.70. The number of hydrogen-bond acceptors (Lipinski definition) is 5. The van der Waals surface area contributed by atoms with E-state index < -0.39 is 16.0 Å². The topological polar surface area (TPSA) is 85.6 Å². The van der Waals surface area contributed by atoms with E-state index in [1.807, 2.05) is 31.2 Å². The standard InChI is InChI=1S/C18H17NO5S/c1-12-15-8-3-4-9-16(15)24-17(12)11-23-18(20)13-6-5-7-14(10-13)25(21,22)19-2/h3-10,19H,11H2,1-2H3. The van der Waals surface area contributed by atoms with Crippen LogP contribution in [0.25, 0.3) is 11.0 Å². The number of fused-ring (bicyclic) bond motifs is 1. The number of rotatable bonds is 5.